The fourth-order valence-electron chi connectivity index (χ4n) is 3.48. The van der Waals surface area contributed by atoms with Crippen molar-refractivity contribution in [3.8, 4) is 0 Å². The van der Waals surface area contributed by atoms with Crippen molar-refractivity contribution in [3.63, 3.8) is 0 Å². The van der Waals surface area contributed by atoms with Crippen LogP contribution in [0.25, 0.3) is 10.2 Å². The number of fused-ring (bicyclic) bond motifs is 1. The summed E-state index contributed by atoms with van der Waals surface area (Å²) in [7, 11) is 0. The summed E-state index contributed by atoms with van der Waals surface area (Å²) < 4.78 is 1.91. The first-order valence-corrected chi connectivity index (χ1v) is 10.2. The Bertz CT molecular complexity index is 1150. The molecule has 4 rings (SSSR count). The molecule has 10 heteroatoms. The molecule has 1 fully saturated rings. The van der Waals surface area contributed by atoms with Gasteiger partial charge in [-0.05, 0) is 11.6 Å². The van der Waals surface area contributed by atoms with E-state index in [1.54, 1.807) is 6.21 Å². The van der Waals surface area contributed by atoms with Crippen LogP contribution < -0.4 is 4.87 Å². The van der Waals surface area contributed by atoms with Gasteiger partial charge in [0.2, 0.25) is 0 Å². The van der Waals surface area contributed by atoms with Crippen molar-refractivity contribution in [1.29, 1.82) is 0 Å². The standard InChI is InChI=1S/C20H19N5O4S/c26-14-19(24-17-7-6-16(25(28)29)12-18(17)30-20(24)27)22-8-10-23(11-9-22)21-13-15-4-2-1-3-5-15/h1-7,12-14,19H,8-11H2. The van der Waals surface area contributed by atoms with E-state index in [0.29, 0.717) is 36.4 Å². The number of nitro benzene ring substituents is 1. The fourth-order valence-corrected chi connectivity index (χ4v) is 4.42. The van der Waals surface area contributed by atoms with Gasteiger partial charge in [-0.3, -0.25) is 34.2 Å². The second-order valence-electron chi connectivity index (χ2n) is 6.84. The highest BCUT2D eigenvalue weighted by Gasteiger charge is 2.27. The number of carbonyl (C=O) groups excluding carboxylic acids is 1. The Morgan fingerprint density at radius 2 is 1.83 bits per heavy atom. The van der Waals surface area contributed by atoms with E-state index in [2.05, 4.69) is 5.10 Å². The zero-order valence-electron chi connectivity index (χ0n) is 16.0. The molecule has 0 spiro atoms. The molecule has 30 heavy (non-hydrogen) atoms. The molecule has 1 saturated heterocycles. The number of piperazine rings is 1. The molecule has 9 nitrogen and oxygen atoms in total. The number of non-ortho nitro benzene ring substituents is 1. The Morgan fingerprint density at radius 1 is 1.10 bits per heavy atom. The molecule has 1 unspecified atom stereocenters. The number of nitro groups is 1. The molecule has 2 aromatic carbocycles. The Balaban J connectivity index is 1.51. The fraction of sp³-hybridized carbons (Fsp3) is 0.250. The van der Waals surface area contributed by atoms with Crippen molar-refractivity contribution in [2.75, 3.05) is 26.2 Å². The van der Waals surface area contributed by atoms with Crippen molar-refractivity contribution >= 4 is 39.7 Å². The lowest BCUT2D eigenvalue weighted by Gasteiger charge is -2.36. The number of benzene rings is 2. The van der Waals surface area contributed by atoms with Crippen LogP contribution in [-0.2, 0) is 4.79 Å². The third-order valence-electron chi connectivity index (χ3n) is 5.03. The summed E-state index contributed by atoms with van der Waals surface area (Å²) in [6.07, 6.45) is 1.79. The maximum Gasteiger partial charge on any atom is 0.309 e. The van der Waals surface area contributed by atoms with Crippen LogP contribution in [0.2, 0.25) is 0 Å². The Kier molecular flexibility index (Phi) is 5.68. The Morgan fingerprint density at radius 3 is 2.50 bits per heavy atom. The maximum atomic E-state index is 12.6. The molecule has 1 aliphatic rings. The summed E-state index contributed by atoms with van der Waals surface area (Å²) in [6.45, 7) is 2.37. The van der Waals surface area contributed by atoms with Crippen LogP contribution >= 0.6 is 11.3 Å². The smallest absolute Gasteiger partial charge is 0.299 e. The molecule has 0 radical (unpaired) electrons. The summed E-state index contributed by atoms with van der Waals surface area (Å²) in [5.74, 6) is 0. The van der Waals surface area contributed by atoms with Gasteiger partial charge in [-0.1, -0.05) is 41.7 Å². The third kappa shape index (κ3) is 4.00. The number of nitrogens with zero attached hydrogens (tertiary/aromatic N) is 5. The largest absolute Gasteiger partial charge is 0.309 e. The Hall–Kier alpha value is -3.37. The van der Waals surface area contributed by atoms with Crippen LogP contribution in [0.15, 0.2) is 58.4 Å². The van der Waals surface area contributed by atoms with Crippen LogP contribution in [0.5, 0.6) is 0 Å². The summed E-state index contributed by atoms with van der Waals surface area (Å²) in [6, 6.07) is 14.0. The average Bonchev–Trinajstić information content (AvgIpc) is 3.09. The highest BCUT2D eigenvalue weighted by molar-refractivity contribution is 7.16. The molecule has 0 amide bonds. The van der Waals surface area contributed by atoms with Gasteiger partial charge in [0.15, 0.2) is 6.29 Å². The number of carbonyl (C=O) groups is 1. The van der Waals surface area contributed by atoms with Gasteiger partial charge in [-0.15, -0.1) is 0 Å². The monoisotopic (exact) mass is 425 g/mol. The van der Waals surface area contributed by atoms with Gasteiger partial charge in [0.1, 0.15) is 6.17 Å². The highest BCUT2D eigenvalue weighted by Crippen LogP contribution is 2.26. The molecule has 154 valence electrons. The molecule has 0 aliphatic carbocycles. The molecule has 0 saturated carbocycles. The second-order valence-corrected chi connectivity index (χ2v) is 7.83. The number of aldehydes is 1. The molecule has 1 atom stereocenters. The zero-order chi connectivity index (χ0) is 21.1. The van der Waals surface area contributed by atoms with Gasteiger partial charge in [0, 0.05) is 38.3 Å². The van der Waals surface area contributed by atoms with E-state index < -0.39 is 11.1 Å². The van der Waals surface area contributed by atoms with Crippen LogP contribution in [0.4, 0.5) is 5.69 Å². The third-order valence-corrected chi connectivity index (χ3v) is 5.95. The lowest BCUT2D eigenvalue weighted by Crippen LogP contribution is -2.48. The number of hydrogen-bond donors (Lipinski definition) is 0. The molecule has 1 aliphatic heterocycles. The van der Waals surface area contributed by atoms with E-state index in [1.165, 1.54) is 22.8 Å². The van der Waals surface area contributed by atoms with Crippen molar-refractivity contribution in [3.05, 3.63) is 73.9 Å². The average molecular weight is 425 g/mol. The maximum absolute atomic E-state index is 12.6. The van der Waals surface area contributed by atoms with Gasteiger partial charge < -0.3 is 0 Å². The highest BCUT2D eigenvalue weighted by atomic mass is 32.1. The number of hydrogen-bond acceptors (Lipinski definition) is 8. The van der Waals surface area contributed by atoms with E-state index >= 15 is 0 Å². The van der Waals surface area contributed by atoms with Crippen molar-refractivity contribution in [1.82, 2.24) is 14.5 Å². The first kappa shape index (κ1) is 19.9. The summed E-state index contributed by atoms with van der Waals surface area (Å²) in [4.78, 5) is 36.6. The van der Waals surface area contributed by atoms with E-state index in [1.807, 2.05) is 40.2 Å². The first-order chi connectivity index (χ1) is 14.6. The normalized spacial score (nSPS) is 16.2. The van der Waals surface area contributed by atoms with Gasteiger partial charge >= 0.3 is 4.87 Å². The predicted octanol–water partition coefficient (Wildman–Crippen LogP) is 2.32. The van der Waals surface area contributed by atoms with E-state index in [9.17, 15) is 19.7 Å². The minimum Gasteiger partial charge on any atom is -0.299 e. The molecule has 1 aromatic heterocycles. The predicted molar refractivity (Wildman–Crippen MR) is 115 cm³/mol. The molecular formula is C20H19N5O4S. The van der Waals surface area contributed by atoms with Crippen LogP contribution in [0.1, 0.15) is 11.7 Å². The quantitative estimate of drug-likeness (QED) is 0.260. The topological polar surface area (TPSA) is 101 Å². The van der Waals surface area contributed by atoms with Crippen molar-refractivity contribution in [2.45, 2.75) is 6.17 Å². The molecule has 0 N–H and O–H groups in total. The summed E-state index contributed by atoms with van der Waals surface area (Å²) in [5.41, 5.74) is 1.46. The summed E-state index contributed by atoms with van der Waals surface area (Å²) >= 11 is 0.908. The van der Waals surface area contributed by atoms with E-state index in [0.717, 1.165) is 23.2 Å². The van der Waals surface area contributed by atoms with Gasteiger partial charge in [-0.2, -0.15) is 5.10 Å². The van der Waals surface area contributed by atoms with E-state index in [-0.39, 0.29) is 10.6 Å². The summed E-state index contributed by atoms with van der Waals surface area (Å²) in [5, 5.41) is 17.4. The Labute approximate surface area is 175 Å². The lowest BCUT2D eigenvalue weighted by atomic mass is 10.2. The van der Waals surface area contributed by atoms with Crippen molar-refractivity contribution < 1.29 is 9.72 Å². The van der Waals surface area contributed by atoms with Gasteiger partial charge in [0.05, 0.1) is 21.4 Å². The SMILES string of the molecule is O=CC(N1CCN(N=Cc2ccccc2)CC1)n1c(=O)sc2cc([N+](=O)[O-])ccc21. The number of hydrazone groups is 1. The molecule has 3 aromatic rings. The lowest BCUT2D eigenvalue weighted by molar-refractivity contribution is -0.384. The molecule has 0 bridgehead atoms. The molecular weight excluding hydrogens is 406 g/mol. The minimum absolute atomic E-state index is 0.0801. The van der Waals surface area contributed by atoms with Gasteiger partial charge in [-0.25, -0.2) is 0 Å². The van der Waals surface area contributed by atoms with Crippen LogP contribution in [-0.4, -0.2) is 58.1 Å². The minimum atomic E-state index is -0.757. The zero-order valence-corrected chi connectivity index (χ0v) is 16.8. The molecule has 2 heterocycles. The number of rotatable bonds is 6. The number of aromatic nitrogens is 1. The van der Waals surface area contributed by atoms with Crippen LogP contribution in [0, 0.1) is 10.1 Å². The van der Waals surface area contributed by atoms with Gasteiger partial charge in [0.25, 0.3) is 5.69 Å². The first-order valence-electron chi connectivity index (χ1n) is 9.39. The van der Waals surface area contributed by atoms with Crippen molar-refractivity contribution in [2.24, 2.45) is 5.10 Å². The second kappa shape index (κ2) is 8.56. The van der Waals surface area contributed by atoms with E-state index in [4.69, 9.17) is 0 Å². The van der Waals surface area contributed by atoms with Crippen LogP contribution in [0.3, 0.4) is 0 Å². The number of thiazole rings is 1.